The predicted octanol–water partition coefficient (Wildman–Crippen LogP) is 4.88. The fourth-order valence-electron chi connectivity index (χ4n) is 3.03. The second kappa shape index (κ2) is 9.21. The first kappa shape index (κ1) is 23.3. The van der Waals surface area contributed by atoms with Gasteiger partial charge in [0.2, 0.25) is 0 Å². The summed E-state index contributed by atoms with van der Waals surface area (Å²) in [4.78, 5) is 14.6. The van der Waals surface area contributed by atoms with E-state index < -0.39 is 23.7 Å². The highest BCUT2D eigenvalue weighted by atomic mass is 19.4. The highest BCUT2D eigenvalue weighted by molar-refractivity contribution is 5.82. The number of carbonyl (C=O) groups is 1. The molecule has 0 saturated carbocycles. The number of hydrogen-bond acceptors (Lipinski definition) is 5. The summed E-state index contributed by atoms with van der Waals surface area (Å²) in [7, 11) is 0. The first-order chi connectivity index (χ1) is 13.8. The maximum atomic E-state index is 12.9. The first-order valence-electron chi connectivity index (χ1n) is 9.12. The molecule has 1 aromatic heterocycles. The smallest absolute Gasteiger partial charge is 0.488 e. The van der Waals surface area contributed by atoms with Crippen LogP contribution in [0.4, 0.5) is 23.8 Å². The summed E-state index contributed by atoms with van der Waals surface area (Å²) < 4.78 is 48.5. The van der Waals surface area contributed by atoms with Crippen molar-refractivity contribution in [1.82, 2.24) is 4.98 Å². The van der Waals surface area contributed by atoms with E-state index in [-0.39, 0.29) is 24.1 Å². The Labute approximate surface area is 172 Å². The summed E-state index contributed by atoms with van der Waals surface area (Å²) in [6.07, 6.45) is -4.27. The van der Waals surface area contributed by atoms with Gasteiger partial charge in [0, 0.05) is 11.7 Å². The zero-order chi connectivity index (χ0) is 22.5. The minimum absolute atomic E-state index is 0.000675. The van der Waals surface area contributed by atoms with Crippen molar-refractivity contribution in [3.8, 4) is 22.6 Å². The molecule has 164 valence electrons. The van der Waals surface area contributed by atoms with Crippen LogP contribution in [0.5, 0.6) is 11.5 Å². The van der Waals surface area contributed by atoms with Crippen molar-refractivity contribution in [3.63, 3.8) is 0 Å². The predicted molar refractivity (Wildman–Crippen MR) is 106 cm³/mol. The van der Waals surface area contributed by atoms with Crippen molar-refractivity contribution in [2.75, 3.05) is 11.9 Å². The van der Waals surface area contributed by atoms with Gasteiger partial charge in [-0.15, -0.1) is 13.2 Å². The lowest BCUT2D eigenvalue weighted by Gasteiger charge is -2.27. The number of carboxylic acid groups (broad SMARTS) is 1. The molecule has 2 rings (SSSR count). The largest absolute Gasteiger partial charge is 0.573 e. The van der Waals surface area contributed by atoms with Gasteiger partial charge in [-0.25, -0.2) is 9.78 Å². The number of benzene rings is 1. The van der Waals surface area contributed by atoms with Crippen molar-refractivity contribution in [3.05, 3.63) is 36.5 Å². The first-order valence-corrected chi connectivity index (χ1v) is 9.12. The molecule has 0 saturated heterocycles. The highest BCUT2D eigenvalue weighted by Gasteiger charge is 2.33. The maximum Gasteiger partial charge on any atom is 0.573 e. The topological polar surface area (TPSA) is 107 Å². The van der Waals surface area contributed by atoms with Crippen LogP contribution in [-0.4, -0.2) is 34.7 Å². The van der Waals surface area contributed by atoms with Crippen LogP contribution >= 0.6 is 0 Å². The number of pyridine rings is 1. The molecule has 1 heterocycles. The Kier molecular flexibility index (Phi) is 7.14. The second-order valence-electron chi connectivity index (χ2n) is 7.61. The molecule has 7 nitrogen and oxygen atoms in total. The van der Waals surface area contributed by atoms with Crippen LogP contribution < -0.4 is 20.5 Å². The van der Waals surface area contributed by atoms with Gasteiger partial charge in [0.15, 0.2) is 11.5 Å². The average molecular weight is 427 g/mol. The zero-order valence-corrected chi connectivity index (χ0v) is 16.8. The molecule has 1 amide bonds. The van der Waals surface area contributed by atoms with Gasteiger partial charge in [0.25, 0.3) is 0 Å². The molecule has 4 N–H and O–H groups in total. The van der Waals surface area contributed by atoms with Crippen LogP contribution in [0.2, 0.25) is 0 Å². The monoisotopic (exact) mass is 427 g/mol. The number of nitrogens with two attached hydrogens (primary N) is 1. The fourth-order valence-corrected chi connectivity index (χ4v) is 3.03. The Balaban J connectivity index is 2.33. The van der Waals surface area contributed by atoms with E-state index in [2.05, 4.69) is 15.0 Å². The molecule has 1 atom stereocenters. The van der Waals surface area contributed by atoms with Gasteiger partial charge < -0.3 is 20.3 Å². The van der Waals surface area contributed by atoms with Crippen LogP contribution in [-0.2, 0) is 0 Å². The second-order valence-corrected chi connectivity index (χ2v) is 7.61. The van der Waals surface area contributed by atoms with Gasteiger partial charge in [-0.1, -0.05) is 19.9 Å². The van der Waals surface area contributed by atoms with Gasteiger partial charge in [0.1, 0.15) is 12.4 Å². The zero-order valence-electron chi connectivity index (χ0n) is 16.8. The summed E-state index contributed by atoms with van der Waals surface area (Å²) in [5, 5.41) is 10.9. The molecule has 0 aliphatic carbocycles. The number of nitrogens with one attached hydrogen (secondary N) is 1. The number of amides is 1. The van der Waals surface area contributed by atoms with E-state index in [0.717, 1.165) is 0 Å². The third kappa shape index (κ3) is 7.43. The van der Waals surface area contributed by atoms with E-state index in [9.17, 15) is 18.0 Å². The minimum atomic E-state index is -4.92. The number of nitrogens with zero attached hydrogens (tertiary/aromatic N) is 1. The molecule has 0 bridgehead atoms. The molecule has 0 aliphatic heterocycles. The number of rotatable bonds is 8. The summed E-state index contributed by atoms with van der Waals surface area (Å²) in [6, 6.07) is 6.97. The average Bonchev–Trinajstić information content (AvgIpc) is 2.58. The van der Waals surface area contributed by atoms with Gasteiger partial charge >= 0.3 is 12.5 Å². The molecule has 30 heavy (non-hydrogen) atoms. The number of ether oxygens (including phenoxy) is 2. The molecule has 2 aromatic rings. The van der Waals surface area contributed by atoms with Crippen LogP contribution in [0, 0.1) is 5.92 Å². The Morgan fingerprint density at radius 3 is 2.47 bits per heavy atom. The number of anilines is 1. The molecule has 0 aliphatic rings. The molecular weight excluding hydrogens is 403 g/mol. The standard InChI is InChI=1S/C20H24F3N3O4/c1-12(2)10-19(3,24)11-29-15-5-4-13(8-16(15)30-20(21,22)23)14-6-7-25-17(9-14)26-18(27)28/h4-9,12H,10-11,24H2,1-3H3,(H,25,26)(H,27,28). The Morgan fingerprint density at radius 1 is 1.20 bits per heavy atom. The molecule has 1 aromatic carbocycles. The SMILES string of the molecule is CC(C)CC(C)(N)COc1ccc(-c2ccnc(NC(=O)O)c2)cc1OC(F)(F)F. The van der Waals surface area contributed by atoms with Crippen LogP contribution in [0.15, 0.2) is 36.5 Å². The van der Waals surface area contributed by atoms with E-state index in [0.29, 0.717) is 17.5 Å². The third-order valence-corrected chi connectivity index (χ3v) is 3.93. The van der Waals surface area contributed by atoms with E-state index in [1.165, 1.54) is 36.5 Å². The molecule has 0 fully saturated rings. The lowest BCUT2D eigenvalue weighted by atomic mass is 9.93. The van der Waals surface area contributed by atoms with Gasteiger partial charge in [-0.05, 0) is 54.7 Å². The van der Waals surface area contributed by atoms with Crippen LogP contribution in [0.1, 0.15) is 27.2 Å². The summed E-state index contributed by atoms with van der Waals surface area (Å²) in [5.41, 5.74) is 6.24. The number of halogens is 3. The minimum Gasteiger partial charge on any atom is -0.488 e. The molecular formula is C20H24F3N3O4. The number of hydrogen-bond donors (Lipinski definition) is 3. The lowest BCUT2D eigenvalue weighted by Crippen LogP contribution is -2.43. The molecule has 0 radical (unpaired) electrons. The number of aromatic nitrogens is 1. The van der Waals surface area contributed by atoms with Crippen molar-refractivity contribution in [1.29, 1.82) is 0 Å². The van der Waals surface area contributed by atoms with E-state index >= 15 is 0 Å². The Hall–Kier alpha value is -3.01. The van der Waals surface area contributed by atoms with Gasteiger partial charge in [-0.3, -0.25) is 5.32 Å². The van der Waals surface area contributed by atoms with E-state index in [1.807, 2.05) is 13.8 Å². The Bertz CT molecular complexity index is 886. The molecule has 0 spiro atoms. The summed E-state index contributed by atoms with van der Waals surface area (Å²) in [5.74, 6) is -0.303. The normalized spacial score (nSPS) is 13.6. The van der Waals surface area contributed by atoms with Crippen LogP contribution in [0.3, 0.4) is 0 Å². The number of alkyl halides is 3. The van der Waals surface area contributed by atoms with Crippen molar-refractivity contribution in [2.24, 2.45) is 11.7 Å². The molecule has 1 unspecified atom stereocenters. The van der Waals surface area contributed by atoms with Crippen molar-refractivity contribution in [2.45, 2.75) is 39.1 Å². The quantitative estimate of drug-likeness (QED) is 0.554. The van der Waals surface area contributed by atoms with Crippen LogP contribution in [0.25, 0.3) is 11.1 Å². The van der Waals surface area contributed by atoms with E-state index in [4.69, 9.17) is 15.6 Å². The summed E-state index contributed by atoms with van der Waals surface area (Å²) in [6.45, 7) is 5.74. The Morgan fingerprint density at radius 2 is 1.87 bits per heavy atom. The maximum absolute atomic E-state index is 12.9. The van der Waals surface area contributed by atoms with Crippen molar-refractivity contribution < 1.29 is 32.5 Å². The van der Waals surface area contributed by atoms with Crippen molar-refractivity contribution >= 4 is 11.9 Å². The third-order valence-electron chi connectivity index (χ3n) is 3.93. The van der Waals surface area contributed by atoms with E-state index in [1.54, 1.807) is 6.92 Å². The van der Waals surface area contributed by atoms with Gasteiger partial charge in [-0.2, -0.15) is 0 Å². The lowest BCUT2D eigenvalue weighted by molar-refractivity contribution is -0.275. The summed E-state index contributed by atoms with van der Waals surface area (Å²) >= 11 is 0. The fraction of sp³-hybridized carbons (Fsp3) is 0.400. The molecule has 10 heteroatoms. The highest BCUT2D eigenvalue weighted by Crippen LogP contribution is 2.37. The van der Waals surface area contributed by atoms with Gasteiger partial charge in [0.05, 0.1) is 0 Å².